The number of halogens is 2. The maximum atomic E-state index is 5.64. The summed E-state index contributed by atoms with van der Waals surface area (Å²) in [6.45, 7) is 0. The lowest BCUT2D eigenvalue weighted by molar-refractivity contribution is 1.14. The molecule has 0 amide bonds. The van der Waals surface area contributed by atoms with Crippen LogP contribution in [0.3, 0.4) is 0 Å². The molecule has 0 aromatic heterocycles. The maximum absolute atomic E-state index is 5.64. The lowest BCUT2D eigenvalue weighted by atomic mass is 10.4. The van der Waals surface area contributed by atoms with Crippen LogP contribution in [0.4, 0.5) is 0 Å². The Balaban J connectivity index is 2.68. The largest absolute Gasteiger partial charge is 0.329 e. The molecule has 1 N–H and O–H groups in total. The van der Waals surface area contributed by atoms with E-state index in [9.17, 15) is 0 Å². The van der Waals surface area contributed by atoms with Crippen molar-refractivity contribution in [1.29, 1.82) is 0 Å². The van der Waals surface area contributed by atoms with E-state index in [1.165, 1.54) is 5.54 Å². The van der Waals surface area contributed by atoms with Crippen molar-refractivity contribution in [1.82, 2.24) is 5.32 Å². The maximum Gasteiger partial charge on any atom is 0.195 e. The second kappa shape index (κ2) is 4.28. The first-order valence-corrected chi connectivity index (χ1v) is 4.03. The van der Waals surface area contributed by atoms with Gasteiger partial charge in [0.15, 0.2) is 5.29 Å². The van der Waals surface area contributed by atoms with E-state index in [-0.39, 0.29) is 0 Å². The fraction of sp³-hybridized carbons (Fsp3) is 0.143. The van der Waals surface area contributed by atoms with E-state index in [2.05, 4.69) is 15.3 Å². The number of nitrogens with one attached hydrogen (secondary N) is 1. The van der Waals surface area contributed by atoms with Crippen LogP contribution in [0, 0.1) is 0 Å². The quantitative estimate of drug-likeness (QED) is 0.395. The number of allylic oxidation sites excluding steroid dienone is 1. The predicted molar refractivity (Wildman–Crippen MR) is 52.9 cm³/mol. The average molecular weight is 204 g/mol. The van der Waals surface area contributed by atoms with Gasteiger partial charge in [0.1, 0.15) is 0 Å². The minimum Gasteiger partial charge on any atom is -0.329 e. The third-order valence-electron chi connectivity index (χ3n) is 1.27. The summed E-state index contributed by atoms with van der Waals surface area (Å²) >= 11 is 11.1. The molecule has 0 saturated carbocycles. The topological polar surface area (TPSA) is 36.8 Å². The number of rotatable bonds is 1. The van der Waals surface area contributed by atoms with E-state index in [1.807, 2.05) is 0 Å². The van der Waals surface area contributed by atoms with E-state index in [4.69, 9.17) is 23.2 Å². The van der Waals surface area contributed by atoms with Gasteiger partial charge in [-0.1, -0.05) is 11.6 Å². The van der Waals surface area contributed by atoms with Gasteiger partial charge < -0.3 is 5.32 Å². The number of hydrogen-bond acceptors (Lipinski definition) is 2. The number of amidine groups is 1. The molecule has 0 radical (unpaired) electrons. The Morgan fingerprint density at radius 3 is 3.08 bits per heavy atom. The molecule has 64 valence electrons. The summed E-state index contributed by atoms with van der Waals surface area (Å²) in [4.78, 5) is 7.68. The Morgan fingerprint density at radius 2 is 2.50 bits per heavy atom. The summed E-state index contributed by atoms with van der Waals surface area (Å²) in [5.41, 5.74) is 2.78. The van der Waals surface area contributed by atoms with Crippen molar-refractivity contribution in [2.45, 2.75) is 0 Å². The average Bonchev–Trinajstić information content (AvgIpc) is 2.51. The van der Waals surface area contributed by atoms with Crippen molar-refractivity contribution >= 4 is 34.7 Å². The first-order chi connectivity index (χ1) is 5.77. The summed E-state index contributed by atoms with van der Waals surface area (Å²) in [7, 11) is 1.59. The van der Waals surface area contributed by atoms with Crippen molar-refractivity contribution < 1.29 is 0 Å². The van der Waals surface area contributed by atoms with Crippen LogP contribution in [0.1, 0.15) is 0 Å². The molecule has 5 heteroatoms. The number of aliphatic imine (C=N–C) groups is 2. The molecule has 0 fully saturated rings. The number of nitrogens with zero attached hydrogens (tertiary/aromatic N) is 2. The van der Waals surface area contributed by atoms with Crippen molar-refractivity contribution in [3.05, 3.63) is 23.0 Å². The van der Waals surface area contributed by atoms with Crippen LogP contribution < -0.4 is 5.32 Å². The van der Waals surface area contributed by atoms with Gasteiger partial charge in [0, 0.05) is 18.8 Å². The molecule has 12 heavy (non-hydrogen) atoms. The van der Waals surface area contributed by atoms with E-state index in [1.54, 1.807) is 19.3 Å². The van der Waals surface area contributed by atoms with Crippen LogP contribution in [-0.4, -0.2) is 18.6 Å². The third kappa shape index (κ3) is 2.09. The lowest BCUT2D eigenvalue weighted by Gasteiger charge is -2.03. The summed E-state index contributed by atoms with van der Waals surface area (Å²) in [6, 6.07) is 0. The Bertz CT molecular complexity index is 289. The van der Waals surface area contributed by atoms with Crippen molar-refractivity contribution in [2.24, 2.45) is 9.98 Å². The zero-order chi connectivity index (χ0) is 8.97. The summed E-state index contributed by atoms with van der Waals surface area (Å²) in [5, 5.41) is 3.14. The van der Waals surface area contributed by atoms with E-state index >= 15 is 0 Å². The molecule has 0 atom stereocenters. The summed E-state index contributed by atoms with van der Waals surface area (Å²) < 4.78 is 0. The minimum atomic E-state index is 0.308. The van der Waals surface area contributed by atoms with Gasteiger partial charge in [-0.2, -0.15) is 0 Å². The van der Waals surface area contributed by atoms with Crippen molar-refractivity contribution in [2.75, 3.05) is 7.05 Å². The zero-order valence-electron chi connectivity index (χ0n) is 6.38. The van der Waals surface area contributed by atoms with Crippen LogP contribution in [0.25, 0.3) is 0 Å². The highest BCUT2D eigenvalue weighted by Gasteiger charge is 2.07. The van der Waals surface area contributed by atoms with Gasteiger partial charge >= 0.3 is 0 Å². The van der Waals surface area contributed by atoms with Gasteiger partial charge in [0.2, 0.25) is 0 Å². The van der Waals surface area contributed by atoms with Gasteiger partial charge in [-0.05, 0) is 17.7 Å². The van der Waals surface area contributed by atoms with Gasteiger partial charge in [-0.15, -0.1) is 0 Å². The Hall–Kier alpha value is -0.800. The molecule has 0 bridgehead atoms. The molecule has 1 rings (SSSR count). The van der Waals surface area contributed by atoms with Crippen LogP contribution in [0.2, 0.25) is 0 Å². The standard InChI is InChI=1S/C7H7Cl2N3/c1-10-7(9)12-5-2-3-11-6(5)4-8/h2-4H,1H3,(H,10,12)/b6-4-. The molecule has 0 unspecified atom stereocenters. The van der Waals surface area contributed by atoms with E-state index in [0.717, 1.165) is 5.70 Å². The normalized spacial score (nSPS) is 20.1. The Kier molecular flexibility index (Phi) is 3.31. The molecule has 0 spiro atoms. The first kappa shape index (κ1) is 9.29. The minimum absolute atomic E-state index is 0.308. The fourth-order valence-electron chi connectivity index (χ4n) is 0.707. The monoisotopic (exact) mass is 203 g/mol. The van der Waals surface area contributed by atoms with E-state index in [0.29, 0.717) is 11.0 Å². The van der Waals surface area contributed by atoms with Crippen LogP contribution >= 0.6 is 23.2 Å². The zero-order valence-corrected chi connectivity index (χ0v) is 7.89. The molecule has 0 aliphatic carbocycles. The molecule has 1 heterocycles. The first-order valence-electron chi connectivity index (χ1n) is 3.22. The van der Waals surface area contributed by atoms with Gasteiger partial charge in [0.05, 0.1) is 11.4 Å². The summed E-state index contributed by atoms with van der Waals surface area (Å²) in [5.74, 6) is 0. The molecule has 1 aliphatic heterocycles. The van der Waals surface area contributed by atoms with Gasteiger partial charge in [0.25, 0.3) is 0 Å². The lowest BCUT2D eigenvalue weighted by Crippen LogP contribution is -2.17. The molecular weight excluding hydrogens is 197 g/mol. The highest BCUT2D eigenvalue weighted by Crippen LogP contribution is 2.14. The highest BCUT2D eigenvalue weighted by atomic mass is 35.5. The highest BCUT2D eigenvalue weighted by molar-refractivity contribution is 6.64. The molecule has 0 aromatic rings. The van der Waals surface area contributed by atoms with Crippen molar-refractivity contribution in [3.63, 3.8) is 0 Å². The Morgan fingerprint density at radius 1 is 1.75 bits per heavy atom. The third-order valence-corrected chi connectivity index (χ3v) is 1.74. The van der Waals surface area contributed by atoms with Crippen LogP contribution in [0.5, 0.6) is 0 Å². The SMILES string of the molecule is CN=C(Cl)NC1=CC=N/C1=C\Cl. The second-order valence-corrected chi connectivity index (χ2v) is 2.57. The molecule has 0 aromatic carbocycles. The van der Waals surface area contributed by atoms with E-state index < -0.39 is 0 Å². The van der Waals surface area contributed by atoms with Gasteiger partial charge in [-0.3, -0.25) is 9.98 Å². The van der Waals surface area contributed by atoms with Crippen molar-refractivity contribution in [3.8, 4) is 0 Å². The fourth-order valence-corrected chi connectivity index (χ4v) is 0.982. The molecule has 0 saturated heterocycles. The molecule has 3 nitrogen and oxygen atoms in total. The molecular formula is C7H7Cl2N3. The predicted octanol–water partition coefficient (Wildman–Crippen LogP) is 1.85. The smallest absolute Gasteiger partial charge is 0.195 e. The second-order valence-electron chi connectivity index (χ2n) is 1.99. The molecule has 1 aliphatic rings. The Labute approximate surface area is 80.5 Å². The number of hydrogen-bond donors (Lipinski definition) is 1. The van der Waals surface area contributed by atoms with Crippen LogP contribution in [0.15, 0.2) is 33.0 Å². The van der Waals surface area contributed by atoms with Crippen LogP contribution in [-0.2, 0) is 0 Å². The summed E-state index contributed by atoms with van der Waals surface area (Å²) in [6.07, 6.45) is 3.40. The van der Waals surface area contributed by atoms with Gasteiger partial charge in [-0.25, -0.2) is 0 Å².